The number of carbonyl (C=O) groups is 2. The normalized spacial score (nSPS) is 12.8. The molecule has 23 heavy (non-hydrogen) atoms. The quantitative estimate of drug-likeness (QED) is 0.790. The number of para-hydroxylation sites is 1. The molecule has 3 amide bonds. The van der Waals surface area contributed by atoms with Gasteiger partial charge in [0.15, 0.2) is 12.4 Å². The van der Waals surface area contributed by atoms with E-state index in [0.717, 1.165) is 16.4 Å². The van der Waals surface area contributed by atoms with Crippen LogP contribution in [0.4, 0.5) is 16.2 Å². The maximum atomic E-state index is 12.0. The van der Waals surface area contributed by atoms with Crippen molar-refractivity contribution in [3.8, 4) is 5.75 Å². The third kappa shape index (κ3) is 3.57. The average molecular weight is 333 g/mol. The van der Waals surface area contributed by atoms with Gasteiger partial charge in [0.25, 0.3) is 5.91 Å². The van der Waals surface area contributed by atoms with Crippen LogP contribution >= 0.6 is 11.3 Å². The molecule has 0 spiro atoms. The number of aromatic nitrogens is 2. The van der Waals surface area contributed by atoms with E-state index in [1.54, 1.807) is 18.2 Å². The van der Waals surface area contributed by atoms with E-state index in [0.29, 0.717) is 23.7 Å². The summed E-state index contributed by atoms with van der Waals surface area (Å²) in [6, 6.07) is 4.76. The van der Waals surface area contributed by atoms with Gasteiger partial charge in [0, 0.05) is 0 Å². The molecule has 0 saturated heterocycles. The van der Waals surface area contributed by atoms with Crippen LogP contribution in [0.15, 0.2) is 18.2 Å². The number of carbonyl (C=O) groups excluding carboxylic acids is 2. The lowest BCUT2D eigenvalue weighted by molar-refractivity contribution is -0.118. The standard InChI is InChI=1S/C14H15N5O3S/c1-2-11-18-19-12(23-11)6-15-14(21)17-9-5-3-4-8-13(9)22-7-10(20)16-8/h3-5H,2,6-7H2,1H3,(H,16,20)(H2,15,17,21). The van der Waals surface area contributed by atoms with Crippen molar-refractivity contribution < 1.29 is 14.3 Å². The van der Waals surface area contributed by atoms with Crippen LogP contribution in [0.2, 0.25) is 0 Å². The van der Waals surface area contributed by atoms with Gasteiger partial charge in [-0.1, -0.05) is 24.3 Å². The highest BCUT2D eigenvalue weighted by Crippen LogP contribution is 2.35. The summed E-state index contributed by atoms with van der Waals surface area (Å²) >= 11 is 1.47. The summed E-state index contributed by atoms with van der Waals surface area (Å²) in [4.78, 5) is 23.3. The van der Waals surface area contributed by atoms with Crippen molar-refractivity contribution in [2.75, 3.05) is 17.2 Å². The smallest absolute Gasteiger partial charge is 0.319 e. The summed E-state index contributed by atoms with van der Waals surface area (Å²) in [6.45, 7) is 2.23. The highest BCUT2D eigenvalue weighted by atomic mass is 32.1. The Morgan fingerprint density at radius 2 is 2.22 bits per heavy atom. The van der Waals surface area contributed by atoms with Crippen molar-refractivity contribution in [3.63, 3.8) is 0 Å². The molecule has 1 aromatic heterocycles. The van der Waals surface area contributed by atoms with Crippen LogP contribution in [0.1, 0.15) is 16.9 Å². The van der Waals surface area contributed by atoms with Crippen molar-refractivity contribution in [2.45, 2.75) is 19.9 Å². The second-order valence-corrected chi connectivity index (χ2v) is 5.92. The summed E-state index contributed by atoms with van der Waals surface area (Å²) in [5.41, 5.74) is 1.03. The van der Waals surface area contributed by atoms with Crippen LogP contribution < -0.4 is 20.7 Å². The second kappa shape index (κ2) is 6.61. The summed E-state index contributed by atoms with van der Waals surface area (Å²) in [6.07, 6.45) is 0.822. The third-order valence-electron chi connectivity index (χ3n) is 3.10. The van der Waals surface area contributed by atoms with Gasteiger partial charge in [-0.25, -0.2) is 4.79 Å². The largest absolute Gasteiger partial charge is 0.479 e. The van der Waals surface area contributed by atoms with Gasteiger partial charge in [-0.05, 0) is 18.6 Å². The summed E-state index contributed by atoms with van der Waals surface area (Å²) in [5, 5.41) is 17.8. The molecule has 0 aliphatic carbocycles. The molecular formula is C14H15N5O3S. The van der Waals surface area contributed by atoms with Gasteiger partial charge in [-0.15, -0.1) is 10.2 Å². The molecule has 3 rings (SSSR count). The molecule has 2 heterocycles. The van der Waals surface area contributed by atoms with Gasteiger partial charge < -0.3 is 20.7 Å². The van der Waals surface area contributed by atoms with Gasteiger partial charge in [0.1, 0.15) is 10.0 Å². The predicted octanol–water partition coefficient (Wildman–Crippen LogP) is 1.75. The molecule has 0 fully saturated rings. The van der Waals surface area contributed by atoms with E-state index in [1.807, 2.05) is 6.92 Å². The van der Waals surface area contributed by atoms with Crippen LogP contribution in [-0.2, 0) is 17.8 Å². The number of hydrogen-bond acceptors (Lipinski definition) is 6. The molecular weight excluding hydrogens is 318 g/mol. The van der Waals surface area contributed by atoms with Crippen molar-refractivity contribution in [1.82, 2.24) is 15.5 Å². The van der Waals surface area contributed by atoms with Crippen LogP contribution in [0.5, 0.6) is 5.75 Å². The monoisotopic (exact) mass is 333 g/mol. The Kier molecular flexibility index (Phi) is 4.38. The van der Waals surface area contributed by atoms with Crippen LogP contribution in [0, 0.1) is 0 Å². The molecule has 3 N–H and O–H groups in total. The number of benzene rings is 1. The summed E-state index contributed by atoms with van der Waals surface area (Å²) < 4.78 is 5.37. The average Bonchev–Trinajstić information content (AvgIpc) is 3.01. The molecule has 1 aromatic carbocycles. The second-order valence-electron chi connectivity index (χ2n) is 4.77. The van der Waals surface area contributed by atoms with Crippen molar-refractivity contribution in [3.05, 3.63) is 28.2 Å². The Hall–Kier alpha value is -2.68. The number of rotatable bonds is 4. The minimum Gasteiger partial charge on any atom is -0.479 e. The molecule has 120 valence electrons. The number of ether oxygens (including phenoxy) is 1. The fourth-order valence-electron chi connectivity index (χ4n) is 2.04. The molecule has 1 aliphatic heterocycles. The van der Waals surface area contributed by atoms with Gasteiger partial charge >= 0.3 is 6.03 Å². The van der Waals surface area contributed by atoms with Crippen molar-refractivity contribution >= 4 is 34.6 Å². The summed E-state index contributed by atoms with van der Waals surface area (Å²) in [7, 11) is 0. The first-order valence-corrected chi connectivity index (χ1v) is 7.89. The Morgan fingerprint density at radius 1 is 1.39 bits per heavy atom. The van der Waals surface area contributed by atoms with E-state index in [-0.39, 0.29) is 18.5 Å². The minimum atomic E-state index is -0.382. The minimum absolute atomic E-state index is 0.0715. The lowest BCUT2D eigenvalue weighted by atomic mass is 10.2. The molecule has 0 bridgehead atoms. The molecule has 0 atom stereocenters. The zero-order valence-electron chi connectivity index (χ0n) is 12.4. The fourth-order valence-corrected chi connectivity index (χ4v) is 2.76. The van der Waals surface area contributed by atoms with E-state index < -0.39 is 0 Å². The lowest BCUT2D eigenvalue weighted by Crippen LogP contribution is -2.30. The number of nitrogens with one attached hydrogen (secondary N) is 3. The Morgan fingerprint density at radius 3 is 3.00 bits per heavy atom. The van der Waals surface area contributed by atoms with Gasteiger partial charge in [0.05, 0.1) is 17.9 Å². The van der Waals surface area contributed by atoms with Crippen LogP contribution in [-0.4, -0.2) is 28.7 Å². The highest BCUT2D eigenvalue weighted by Gasteiger charge is 2.19. The molecule has 8 nitrogen and oxygen atoms in total. The molecule has 0 unspecified atom stereocenters. The molecule has 1 aliphatic rings. The molecule has 9 heteroatoms. The number of aryl methyl sites for hydroxylation is 1. The van der Waals surface area contributed by atoms with Crippen LogP contribution in [0.25, 0.3) is 0 Å². The van der Waals surface area contributed by atoms with Crippen LogP contribution in [0.3, 0.4) is 0 Å². The molecule has 2 aromatic rings. The number of urea groups is 1. The zero-order chi connectivity index (χ0) is 16.2. The number of nitrogens with zero attached hydrogens (tertiary/aromatic N) is 2. The Bertz CT molecular complexity index is 746. The van der Waals surface area contributed by atoms with E-state index in [1.165, 1.54) is 11.3 Å². The van der Waals surface area contributed by atoms with E-state index in [4.69, 9.17) is 4.74 Å². The highest BCUT2D eigenvalue weighted by molar-refractivity contribution is 7.11. The van der Waals surface area contributed by atoms with Gasteiger partial charge in [-0.2, -0.15) is 0 Å². The molecule has 0 saturated carbocycles. The first-order valence-electron chi connectivity index (χ1n) is 7.07. The summed E-state index contributed by atoms with van der Waals surface area (Å²) in [5.74, 6) is 0.230. The predicted molar refractivity (Wildman–Crippen MR) is 85.7 cm³/mol. The maximum absolute atomic E-state index is 12.0. The topological polar surface area (TPSA) is 105 Å². The Labute approximate surface area is 136 Å². The fraction of sp³-hybridized carbons (Fsp3) is 0.286. The van der Waals surface area contributed by atoms with E-state index in [9.17, 15) is 9.59 Å². The maximum Gasteiger partial charge on any atom is 0.319 e. The number of fused-ring (bicyclic) bond motifs is 1. The van der Waals surface area contributed by atoms with Gasteiger partial charge in [-0.3, -0.25) is 4.79 Å². The van der Waals surface area contributed by atoms with Crippen molar-refractivity contribution in [1.29, 1.82) is 0 Å². The Balaban J connectivity index is 1.62. The number of hydrogen-bond donors (Lipinski definition) is 3. The zero-order valence-corrected chi connectivity index (χ0v) is 13.2. The number of anilines is 2. The van der Waals surface area contributed by atoms with E-state index in [2.05, 4.69) is 26.1 Å². The first-order chi connectivity index (χ1) is 11.2. The third-order valence-corrected chi connectivity index (χ3v) is 4.16. The number of amides is 3. The molecule has 0 radical (unpaired) electrons. The first kappa shape index (κ1) is 15.2. The SMILES string of the molecule is CCc1nnc(CNC(=O)Nc2cccc3c2OCC(=O)N3)s1. The lowest BCUT2D eigenvalue weighted by Gasteiger charge is -2.20. The van der Waals surface area contributed by atoms with E-state index >= 15 is 0 Å². The van der Waals surface area contributed by atoms with Gasteiger partial charge in [0.2, 0.25) is 0 Å². The van der Waals surface area contributed by atoms with Crippen molar-refractivity contribution in [2.24, 2.45) is 0 Å².